The number of hydrogen-bond donors (Lipinski definition) is 3. The molecule has 0 fully saturated rings. The van der Waals surface area contributed by atoms with Crippen molar-refractivity contribution in [3.8, 4) is 5.75 Å². The predicted molar refractivity (Wildman–Crippen MR) is 74.0 cm³/mol. The van der Waals surface area contributed by atoms with Gasteiger partial charge >= 0.3 is 0 Å². The molecule has 0 aliphatic rings. The van der Waals surface area contributed by atoms with E-state index in [4.69, 9.17) is 10.3 Å². The molecule has 0 unspecified atom stereocenters. The SMILES string of the molecule is Cc1c(S(=O)(=O)O)cc2c(S(=O)(=O)O)c([NH-])ccc2c1O.[Y]. The van der Waals surface area contributed by atoms with Crippen molar-refractivity contribution < 1.29 is 63.8 Å². The Morgan fingerprint density at radius 1 is 1.00 bits per heavy atom. The molecule has 0 aliphatic carbocycles. The molecular formula is C11H10NO7S2Y-. The van der Waals surface area contributed by atoms with Crippen molar-refractivity contribution in [2.24, 2.45) is 0 Å². The van der Waals surface area contributed by atoms with Crippen LogP contribution >= 0.6 is 0 Å². The monoisotopic (exact) mass is 421 g/mol. The van der Waals surface area contributed by atoms with Gasteiger partial charge in [-0.2, -0.15) is 16.8 Å². The molecule has 11 heteroatoms. The minimum Gasteiger partial charge on any atom is -0.698 e. The molecule has 1 radical (unpaired) electrons. The summed E-state index contributed by atoms with van der Waals surface area (Å²) in [5.41, 5.74) is 6.77. The van der Waals surface area contributed by atoms with Crippen LogP contribution < -0.4 is 0 Å². The van der Waals surface area contributed by atoms with E-state index in [-0.39, 0.29) is 49.0 Å². The molecule has 0 heterocycles. The first-order valence-corrected chi connectivity index (χ1v) is 8.28. The van der Waals surface area contributed by atoms with Gasteiger partial charge in [0.25, 0.3) is 20.2 Å². The Labute approximate surface area is 151 Å². The maximum Gasteiger partial charge on any atom is 0.294 e. The second-order valence-corrected chi connectivity index (χ2v) is 7.08. The fraction of sp³-hybridized carbons (Fsp3) is 0.0909. The molecule has 2 aromatic rings. The molecule has 0 bridgehead atoms. The van der Waals surface area contributed by atoms with Gasteiger partial charge in [0.1, 0.15) is 10.6 Å². The normalized spacial score (nSPS) is 12.1. The van der Waals surface area contributed by atoms with Gasteiger partial charge in [-0.05, 0) is 13.0 Å². The van der Waals surface area contributed by atoms with Crippen LogP contribution in [0.25, 0.3) is 16.5 Å². The van der Waals surface area contributed by atoms with E-state index in [0.29, 0.717) is 0 Å². The third kappa shape index (κ3) is 3.26. The van der Waals surface area contributed by atoms with Gasteiger partial charge in [0.15, 0.2) is 0 Å². The fourth-order valence-electron chi connectivity index (χ4n) is 2.05. The van der Waals surface area contributed by atoms with Crippen molar-refractivity contribution in [1.29, 1.82) is 0 Å². The Morgan fingerprint density at radius 2 is 1.55 bits per heavy atom. The smallest absolute Gasteiger partial charge is 0.294 e. The predicted octanol–water partition coefficient (Wildman–Crippen LogP) is 2.03. The number of phenolic OH excluding ortho intramolecular Hbond substituents is 1. The van der Waals surface area contributed by atoms with Gasteiger partial charge in [-0.25, -0.2) is 0 Å². The van der Waals surface area contributed by atoms with Crippen LogP contribution in [0.5, 0.6) is 5.75 Å². The summed E-state index contributed by atoms with van der Waals surface area (Å²) in [6, 6.07) is 3.04. The summed E-state index contributed by atoms with van der Waals surface area (Å²) in [6.45, 7) is 1.22. The van der Waals surface area contributed by atoms with E-state index in [9.17, 15) is 26.5 Å². The first kappa shape index (κ1) is 19.3. The molecular weight excluding hydrogens is 411 g/mol. The van der Waals surface area contributed by atoms with Gasteiger partial charge in [-0.1, -0.05) is 12.1 Å². The quantitative estimate of drug-likeness (QED) is 0.627. The van der Waals surface area contributed by atoms with Crippen LogP contribution in [0.2, 0.25) is 0 Å². The molecule has 0 aliphatic heterocycles. The van der Waals surface area contributed by atoms with Gasteiger partial charge < -0.3 is 10.8 Å². The van der Waals surface area contributed by atoms with Gasteiger partial charge in [-0.15, -0.1) is 5.69 Å². The zero-order chi connectivity index (χ0) is 16.2. The van der Waals surface area contributed by atoms with Crippen molar-refractivity contribution in [2.75, 3.05) is 0 Å². The van der Waals surface area contributed by atoms with Crippen molar-refractivity contribution in [2.45, 2.75) is 16.7 Å². The minimum absolute atomic E-state index is 0. The molecule has 0 saturated carbocycles. The molecule has 4 N–H and O–H groups in total. The number of hydrogen-bond acceptors (Lipinski definition) is 5. The maximum atomic E-state index is 11.4. The zero-order valence-electron chi connectivity index (χ0n) is 11.1. The van der Waals surface area contributed by atoms with Gasteiger partial charge in [0, 0.05) is 49.0 Å². The number of phenols is 1. The van der Waals surface area contributed by atoms with E-state index in [0.717, 1.165) is 12.1 Å². The van der Waals surface area contributed by atoms with E-state index in [2.05, 4.69) is 0 Å². The van der Waals surface area contributed by atoms with Crippen LogP contribution in [0.4, 0.5) is 5.69 Å². The molecule has 0 saturated heterocycles. The summed E-state index contributed by atoms with van der Waals surface area (Å²) in [7, 11) is -9.55. The Bertz CT molecular complexity index is 968. The topological polar surface area (TPSA) is 153 Å². The average Bonchev–Trinajstić information content (AvgIpc) is 2.30. The molecule has 8 nitrogen and oxygen atoms in total. The average molecular weight is 421 g/mol. The van der Waals surface area contributed by atoms with E-state index in [1.807, 2.05) is 0 Å². The van der Waals surface area contributed by atoms with Crippen molar-refractivity contribution in [1.82, 2.24) is 0 Å². The van der Waals surface area contributed by atoms with Crippen LogP contribution in [0.3, 0.4) is 0 Å². The number of fused-ring (bicyclic) bond motifs is 1. The largest absolute Gasteiger partial charge is 0.698 e. The number of benzene rings is 2. The van der Waals surface area contributed by atoms with Crippen molar-refractivity contribution in [3.63, 3.8) is 0 Å². The van der Waals surface area contributed by atoms with Gasteiger partial charge in [-0.3, -0.25) is 9.11 Å². The third-order valence-corrected chi connectivity index (χ3v) is 4.92. The molecule has 117 valence electrons. The molecule has 0 spiro atoms. The summed E-state index contributed by atoms with van der Waals surface area (Å²) in [5.74, 6) is -0.565. The molecule has 2 rings (SSSR count). The second-order valence-electron chi connectivity index (χ2n) is 4.34. The molecule has 0 amide bonds. The molecule has 0 atom stereocenters. The first-order valence-electron chi connectivity index (χ1n) is 5.40. The van der Waals surface area contributed by atoms with E-state index >= 15 is 0 Å². The fourth-order valence-corrected chi connectivity index (χ4v) is 3.60. The summed E-state index contributed by atoms with van der Waals surface area (Å²) >= 11 is 0. The van der Waals surface area contributed by atoms with E-state index in [1.54, 1.807) is 0 Å². The maximum absolute atomic E-state index is 11.4. The summed E-state index contributed by atoms with van der Waals surface area (Å²) in [6.07, 6.45) is 0. The summed E-state index contributed by atoms with van der Waals surface area (Å²) in [4.78, 5) is -1.55. The van der Waals surface area contributed by atoms with Crippen molar-refractivity contribution >= 4 is 36.7 Å². The second kappa shape index (κ2) is 6.02. The third-order valence-electron chi connectivity index (χ3n) is 2.99. The Kier molecular flexibility index (Phi) is 5.28. The number of aromatic hydroxyl groups is 1. The van der Waals surface area contributed by atoms with Crippen LogP contribution in [0.15, 0.2) is 28.0 Å². The van der Waals surface area contributed by atoms with Crippen LogP contribution in [0, 0.1) is 6.92 Å². The van der Waals surface area contributed by atoms with E-state index in [1.165, 1.54) is 13.0 Å². The standard InChI is InChI=1S/C11H10NO7S2.Y/c1-5-9(20(14,15)16)4-7-6(10(5)13)2-3-8(12)11(7)21(17,18)19;/h2-4,12-13H,1H3,(H,14,15,16)(H,17,18,19);/q-1;. The Hall–Kier alpha value is -0.776. The Balaban J connectivity index is 0.00000242. The molecule has 22 heavy (non-hydrogen) atoms. The van der Waals surface area contributed by atoms with E-state index < -0.39 is 41.5 Å². The first-order chi connectivity index (χ1) is 9.44. The van der Waals surface area contributed by atoms with Crippen molar-refractivity contribution in [3.05, 3.63) is 29.5 Å². The summed E-state index contributed by atoms with van der Waals surface area (Å²) < 4.78 is 63.6. The van der Waals surface area contributed by atoms with Crippen LogP contribution in [-0.4, -0.2) is 31.0 Å². The Morgan fingerprint density at radius 3 is 2.00 bits per heavy atom. The molecule has 0 aromatic heterocycles. The zero-order valence-corrected chi connectivity index (χ0v) is 15.6. The van der Waals surface area contributed by atoms with Gasteiger partial charge in [0.2, 0.25) is 0 Å². The number of nitrogens with one attached hydrogen (secondary N) is 1. The molecule has 2 aromatic carbocycles. The van der Waals surface area contributed by atoms with Crippen LogP contribution in [0.1, 0.15) is 5.56 Å². The summed E-state index contributed by atoms with van der Waals surface area (Å²) in [5, 5.41) is 9.53. The number of rotatable bonds is 2. The minimum atomic E-state index is -4.83. The van der Waals surface area contributed by atoms with Gasteiger partial charge in [0.05, 0.1) is 4.90 Å². The van der Waals surface area contributed by atoms with Crippen LogP contribution in [-0.2, 0) is 52.9 Å².